The zero-order chi connectivity index (χ0) is 22.9. The Balaban J connectivity index is 1.81. The van der Waals surface area contributed by atoms with Crippen LogP contribution in [-0.4, -0.2) is 20.2 Å². The van der Waals surface area contributed by atoms with E-state index in [1.54, 1.807) is 18.4 Å². The van der Waals surface area contributed by atoms with E-state index in [1.807, 2.05) is 66.7 Å². The molecule has 0 N–H and O–H groups in total. The molecule has 0 bridgehead atoms. The summed E-state index contributed by atoms with van der Waals surface area (Å²) in [6.45, 7) is 0. The topological polar surface area (TPSA) is 43.4 Å². The zero-order valence-corrected chi connectivity index (χ0v) is 18.4. The predicted molar refractivity (Wildman–Crippen MR) is 122 cm³/mol. The second-order valence-electron chi connectivity index (χ2n) is 6.96. The van der Waals surface area contributed by atoms with E-state index >= 15 is 0 Å². The van der Waals surface area contributed by atoms with Gasteiger partial charge in [0.15, 0.2) is 5.75 Å². The monoisotopic (exact) mass is 474 g/mol. The summed E-state index contributed by atoms with van der Waals surface area (Å²) in [4.78, 5) is 0.291. The van der Waals surface area contributed by atoms with Crippen LogP contribution in [0.1, 0.15) is 0 Å². The lowest BCUT2D eigenvalue weighted by molar-refractivity contribution is -0.0500. The van der Waals surface area contributed by atoms with Crippen molar-refractivity contribution in [3.8, 4) is 28.0 Å². The Kier molecular flexibility index (Phi) is 5.92. The summed E-state index contributed by atoms with van der Waals surface area (Å²) in [6.07, 6.45) is 1.64. The Morgan fingerprint density at radius 3 is 2.00 bits per heavy atom. The first-order valence-corrected chi connectivity index (χ1v) is 12.1. The van der Waals surface area contributed by atoms with Crippen molar-refractivity contribution in [2.45, 2.75) is 10.4 Å². The lowest BCUT2D eigenvalue weighted by atomic mass is 9.93. The maximum Gasteiger partial charge on any atom is 0.534 e. The molecule has 0 amide bonds. The van der Waals surface area contributed by atoms with Crippen LogP contribution in [0, 0.1) is 0 Å². The molecule has 8 heteroatoms. The minimum atomic E-state index is -5.75. The van der Waals surface area contributed by atoms with Crippen LogP contribution < -0.4 is 4.18 Å². The molecule has 164 valence electrons. The van der Waals surface area contributed by atoms with E-state index in [1.165, 1.54) is 6.07 Å². The quantitative estimate of drug-likeness (QED) is 0.175. The second-order valence-corrected chi connectivity index (χ2v) is 9.35. The third-order valence-corrected chi connectivity index (χ3v) is 6.65. The molecule has 4 rings (SSSR count). The number of alkyl halides is 3. The smallest absolute Gasteiger partial charge is 0.375 e. The van der Waals surface area contributed by atoms with Crippen molar-refractivity contribution in [3.63, 3.8) is 0 Å². The number of halogens is 3. The molecule has 0 unspecified atom stereocenters. The van der Waals surface area contributed by atoms with E-state index < -0.39 is 15.6 Å². The first-order chi connectivity index (χ1) is 15.2. The van der Waals surface area contributed by atoms with Crippen LogP contribution in [0.15, 0.2) is 89.8 Å². The highest BCUT2D eigenvalue weighted by atomic mass is 32.2. The minimum Gasteiger partial charge on any atom is -0.375 e. The van der Waals surface area contributed by atoms with Gasteiger partial charge in [-0.25, -0.2) is 0 Å². The normalized spacial score (nSPS) is 12.1. The van der Waals surface area contributed by atoms with Crippen molar-refractivity contribution in [3.05, 3.63) is 84.9 Å². The predicted octanol–water partition coefficient (Wildman–Crippen LogP) is 7.12. The first-order valence-electron chi connectivity index (χ1n) is 9.47. The molecule has 4 aromatic carbocycles. The van der Waals surface area contributed by atoms with Crippen LogP contribution in [0.5, 0.6) is 5.75 Å². The number of thioether (sulfide) groups is 1. The molecule has 0 aromatic heterocycles. The summed E-state index contributed by atoms with van der Waals surface area (Å²) in [6, 6.07) is 26.3. The van der Waals surface area contributed by atoms with Gasteiger partial charge < -0.3 is 4.18 Å². The van der Waals surface area contributed by atoms with Gasteiger partial charge in [0.2, 0.25) is 0 Å². The van der Waals surface area contributed by atoms with Crippen molar-refractivity contribution in [1.82, 2.24) is 0 Å². The Hall–Kier alpha value is -2.97. The van der Waals surface area contributed by atoms with Gasteiger partial charge in [0.05, 0.1) is 4.90 Å². The second kappa shape index (κ2) is 8.52. The molecular formula is C24H17F3O3S2. The molecule has 3 nitrogen and oxygen atoms in total. The lowest BCUT2D eigenvalue weighted by Gasteiger charge is -2.14. The number of hydrogen-bond donors (Lipinski definition) is 0. The van der Waals surface area contributed by atoms with Crippen molar-refractivity contribution >= 4 is 32.7 Å². The van der Waals surface area contributed by atoms with E-state index in [0.717, 1.165) is 39.4 Å². The molecule has 0 heterocycles. The fraction of sp³-hybridized carbons (Fsp3) is 0.0833. The Labute approximate surface area is 188 Å². The maximum atomic E-state index is 12.8. The largest absolute Gasteiger partial charge is 0.534 e. The fourth-order valence-electron chi connectivity index (χ4n) is 3.42. The zero-order valence-electron chi connectivity index (χ0n) is 16.8. The van der Waals surface area contributed by atoms with Crippen LogP contribution in [0.25, 0.3) is 33.0 Å². The average molecular weight is 475 g/mol. The molecule has 0 aliphatic carbocycles. The summed E-state index contributed by atoms with van der Waals surface area (Å²) < 4.78 is 65.7. The Morgan fingerprint density at radius 1 is 0.750 bits per heavy atom. The Bertz CT molecular complexity index is 1380. The van der Waals surface area contributed by atoms with Gasteiger partial charge in [-0.1, -0.05) is 66.7 Å². The van der Waals surface area contributed by atoms with Gasteiger partial charge in [0.1, 0.15) is 0 Å². The van der Waals surface area contributed by atoms with Crippen LogP contribution in [-0.2, 0) is 10.1 Å². The van der Waals surface area contributed by atoms with E-state index in [4.69, 9.17) is 0 Å². The average Bonchev–Trinajstić information content (AvgIpc) is 2.78. The molecule has 0 spiro atoms. The van der Waals surface area contributed by atoms with Crippen LogP contribution in [0.4, 0.5) is 13.2 Å². The molecule has 0 fully saturated rings. The standard InChI is InChI=1S/C24H17F3O3S2/c1-31-23-15-19-13-18(21-10-6-5-9-20(21)16-7-3-2-4-8-16)12-11-17(19)14-22(23)30-32(28,29)24(25,26)27/h2-15H,1H3. The van der Waals surface area contributed by atoms with E-state index in [2.05, 4.69) is 4.18 Å². The summed E-state index contributed by atoms with van der Waals surface area (Å²) in [5.74, 6) is -0.347. The first kappa shape index (κ1) is 22.2. The van der Waals surface area contributed by atoms with Gasteiger partial charge in [-0.3, -0.25) is 0 Å². The maximum absolute atomic E-state index is 12.8. The number of benzene rings is 4. The highest BCUT2D eigenvalue weighted by Gasteiger charge is 2.48. The third kappa shape index (κ3) is 4.33. The summed E-state index contributed by atoms with van der Waals surface area (Å²) in [5.41, 5.74) is -1.45. The van der Waals surface area contributed by atoms with Crippen LogP contribution >= 0.6 is 11.8 Å². The Morgan fingerprint density at radius 2 is 1.38 bits per heavy atom. The summed E-state index contributed by atoms with van der Waals surface area (Å²) >= 11 is 1.11. The molecule has 4 aromatic rings. The molecule has 0 atom stereocenters. The molecule has 32 heavy (non-hydrogen) atoms. The molecule has 0 aliphatic rings. The fourth-order valence-corrected chi connectivity index (χ4v) is 4.49. The number of rotatable bonds is 5. The molecule has 0 saturated heterocycles. The van der Waals surface area contributed by atoms with Crippen molar-refractivity contribution in [2.75, 3.05) is 6.26 Å². The van der Waals surface area contributed by atoms with Crippen molar-refractivity contribution in [2.24, 2.45) is 0 Å². The van der Waals surface area contributed by atoms with Gasteiger partial charge in [-0.2, -0.15) is 21.6 Å². The van der Waals surface area contributed by atoms with Crippen molar-refractivity contribution in [1.29, 1.82) is 0 Å². The van der Waals surface area contributed by atoms with E-state index in [9.17, 15) is 21.6 Å². The number of fused-ring (bicyclic) bond motifs is 1. The van der Waals surface area contributed by atoms with Crippen LogP contribution in [0.2, 0.25) is 0 Å². The molecule has 0 saturated carbocycles. The summed E-state index contributed by atoms with van der Waals surface area (Å²) in [7, 11) is -5.75. The van der Waals surface area contributed by atoms with Gasteiger partial charge in [-0.15, -0.1) is 11.8 Å². The SMILES string of the molecule is CSc1cc2cc(-c3ccccc3-c3ccccc3)ccc2cc1OS(=O)(=O)C(F)(F)F. The third-order valence-electron chi connectivity index (χ3n) is 4.93. The summed E-state index contributed by atoms with van der Waals surface area (Å²) in [5, 5.41) is 1.32. The molecule has 0 radical (unpaired) electrons. The van der Waals surface area contributed by atoms with Crippen molar-refractivity contribution < 1.29 is 25.8 Å². The highest BCUT2D eigenvalue weighted by Crippen LogP contribution is 2.38. The van der Waals surface area contributed by atoms with E-state index in [0.29, 0.717) is 10.3 Å². The number of hydrogen-bond acceptors (Lipinski definition) is 4. The molecule has 0 aliphatic heterocycles. The van der Waals surface area contributed by atoms with Gasteiger partial charge in [-0.05, 0) is 57.5 Å². The minimum absolute atomic E-state index is 0.291. The van der Waals surface area contributed by atoms with E-state index in [-0.39, 0.29) is 5.75 Å². The molecular weight excluding hydrogens is 457 g/mol. The van der Waals surface area contributed by atoms with Crippen LogP contribution in [0.3, 0.4) is 0 Å². The van der Waals surface area contributed by atoms with Gasteiger partial charge >= 0.3 is 15.6 Å². The van der Waals surface area contributed by atoms with Gasteiger partial charge in [0, 0.05) is 0 Å². The van der Waals surface area contributed by atoms with Gasteiger partial charge in [0.25, 0.3) is 0 Å². The highest BCUT2D eigenvalue weighted by molar-refractivity contribution is 7.98. The lowest BCUT2D eigenvalue weighted by Crippen LogP contribution is -2.28.